The molecule has 3 N–H and O–H groups in total. The van der Waals surface area contributed by atoms with Gasteiger partial charge in [-0.3, -0.25) is 9.59 Å². The molecule has 4 heterocycles. The minimum absolute atomic E-state index is 0.102. The number of nitrogens with one attached hydrogen (secondary N) is 3. The van der Waals surface area contributed by atoms with E-state index in [0.29, 0.717) is 17.2 Å². The quantitative estimate of drug-likeness (QED) is 0.419. The Balaban J connectivity index is 1.50. The molecule has 0 spiro atoms. The molecule has 198 valence electrons. The Hall–Kier alpha value is -3.78. The number of hydrogen-bond donors (Lipinski definition) is 3. The Labute approximate surface area is 223 Å². The van der Waals surface area contributed by atoms with Gasteiger partial charge in [0.2, 0.25) is 5.69 Å². The van der Waals surface area contributed by atoms with Crippen LogP contribution in [0, 0.1) is 6.92 Å². The summed E-state index contributed by atoms with van der Waals surface area (Å²) in [5.74, 6) is 0.894. The zero-order chi connectivity index (χ0) is 26.8. The first-order valence-electron chi connectivity index (χ1n) is 13.6. The first kappa shape index (κ1) is 25.9. The molecule has 0 bridgehead atoms. The third-order valence-corrected chi connectivity index (χ3v) is 7.68. The van der Waals surface area contributed by atoms with Crippen molar-refractivity contribution in [2.45, 2.75) is 52.6 Å². The first-order chi connectivity index (χ1) is 18.4. The Morgan fingerprint density at radius 1 is 1.18 bits per heavy atom. The molecule has 1 saturated heterocycles. The van der Waals surface area contributed by atoms with E-state index in [4.69, 9.17) is 4.98 Å². The lowest BCUT2D eigenvalue weighted by molar-refractivity contribution is -0.473. The van der Waals surface area contributed by atoms with Gasteiger partial charge in [0.15, 0.2) is 12.3 Å². The van der Waals surface area contributed by atoms with Gasteiger partial charge in [-0.05, 0) is 50.6 Å². The largest absolute Gasteiger partial charge is 0.354 e. The molecule has 1 fully saturated rings. The molecule has 3 aromatic rings. The van der Waals surface area contributed by atoms with Crippen LogP contribution in [0.5, 0.6) is 0 Å². The molecule has 0 saturated carbocycles. The molecule has 5 rings (SSSR count). The highest BCUT2D eigenvalue weighted by Crippen LogP contribution is 2.39. The van der Waals surface area contributed by atoms with Crippen molar-refractivity contribution in [1.29, 1.82) is 0 Å². The minimum Gasteiger partial charge on any atom is -0.354 e. The van der Waals surface area contributed by atoms with Gasteiger partial charge in [-0.1, -0.05) is 13.0 Å². The second-order valence-electron chi connectivity index (χ2n) is 10.4. The smallest absolute Gasteiger partial charge is 0.253 e. The fourth-order valence-electron chi connectivity index (χ4n) is 5.31. The van der Waals surface area contributed by atoms with Gasteiger partial charge in [-0.25, -0.2) is 4.98 Å². The molecule has 1 amide bonds. The first-order valence-corrected chi connectivity index (χ1v) is 13.6. The van der Waals surface area contributed by atoms with Crippen LogP contribution >= 0.6 is 0 Å². The van der Waals surface area contributed by atoms with Crippen LogP contribution in [-0.4, -0.2) is 58.9 Å². The van der Waals surface area contributed by atoms with Crippen molar-refractivity contribution >= 4 is 23.6 Å². The number of carbonyl (C=O) groups excluding carboxylic acids is 1. The van der Waals surface area contributed by atoms with Gasteiger partial charge in [0.25, 0.3) is 11.5 Å². The number of amides is 1. The molecule has 2 unspecified atom stereocenters. The number of hydrogen-bond acceptors (Lipinski definition) is 5. The van der Waals surface area contributed by atoms with E-state index in [-0.39, 0.29) is 23.9 Å². The zero-order valence-electron chi connectivity index (χ0n) is 22.7. The standard InChI is InChI=1S/C30H36N6O2/c1-5-21(4)36-18-19(2)28-25(30(38)33-17-23-7-6-20(3)34-29(23)37)14-24(15-26(28)36)22-8-9-27(32-16-22)35-12-10-31-11-13-35/h6-9,14-16,18-19,21,31H,5,10-13,17H2,1-4H3,(H-,33,34,37,38)/p+1. The van der Waals surface area contributed by atoms with E-state index in [1.165, 1.54) is 0 Å². The Kier molecular flexibility index (Phi) is 7.42. The molecule has 2 atom stereocenters. The van der Waals surface area contributed by atoms with Crippen LogP contribution in [0.1, 0.15) is 60.3 Å². The van der Waals surface area contributed by atoms with Crippen molar-refractivity contribution in [2.24, 2.45) is 0 Å². The summed E-state index contributed by atoms with van der Waals surface area (Å²) in [6.07, 6.45) is 5.11. The highest BCUT2D eigenvalue weighted by atomic mass is 16.1. The number of aromatic amines is 1. The van der Waals surface area contributed by atoms with E-state index < -0.39 is 0 Å². The number of aryl methyl sites for hydroxylation is 1. The summed E-state index contributed by atoms with van der Waals surface area (Å²) < 4.78 is 2.30. The normalized spacial score (nSPS) is 17.6. The van der Waals surface area contributed by atoms with Crippen molar-refractivity contribution in [3.05, 3.63) is 75.3 Å². The highest BCUT2D eigenvalue weighted by molar-refractivity contribution is 6.00. The lowest BCUT2D eigenvalue weighted by atomic mass is 9.92. The van der Waals surface area contributed by atoms with Crippen molar-refractivity contribution < 1.29 is 9.37 Å². The molecule has 1 aromatic carbocycles. The second kappa shape index (κ2) is 10.9. The van der Waals surface area contributed by atoms with E-state index in [2.05, 4.69) is 70.3 Å². The molecule has 2 aliphatic heterocycles. The van der Waals surface area contributed by atoms with Crippen LogP contribution in [-0.2, 0) is 6.54 Å². The molecule has 0 aliphatic carbocycles. The van der Waals surface area contributed by atoms with Crippen molar-refractivity contribution in [2.75, 3.05) is 31.1 Å². The molecule has 8 heteroatoms. The van der Waals surface area contributed by atoms with Crippen LogP contribution in [0.3, 0.4) is 0 Å². The summed E-state index contributed by atoms with van der Waals surface area (Å²) in [5, 5.41) is 6.37. The van der Waals surface area contributed by atoms with Gasteiger partial charge in [0.1, 0.15) is 5.82 Å². The lowest BCUT2D eigenvalue weighted by Crippen LogP contribution is -2.43. The third kappa shape index (κ3) is 5.13. The van der Waals surface area contributed by atoms with Crippen LogP contribution in [0.2, 0.25) is 0 Å². The summed E-state index contributed by atoms with van der Waals surface area (Å²) >= 11 is 0. The molecule has 38 heavy (non-hydrogen) atoms. The third-order valence-electron chi connectivity index (χ3n) is 7.68. The molecule has 2 aromatic heterocycles. The summed E-state index contributed by atoms with van der Waals surface area (Å²) in [5.41, 5.74) is 5.80. The van der Waals surface area contributed by atoms with Crippen molar-refractivity contribution in [1.82, 2.24) is 20.6 Å². The summed E-state index contributed by atoms with van der Waals surface area (Å²) in [6.45, 7) is 12.3. The summed E-state index contributed by atoms with van der Waals surface area (Å²) in [6, 6.07) is 12.2. The number of anilines is 1. The predicted octanol–water partition coefficient (Wildman–Crippen LogP) is 3.72. The minimum atomic E-state index is -0.181. The SMILES string of the molecule is CCC(C)[N+]1=CC(C)c2c(C(=O)NCc3ccc(C)[nH]c3=O)cc(-c3ccc(N4CCNCC4)nc3)cc21. The van der Waals surface area contributed by atoms with Crippen LogP contribution in [0.4, 0.5) is 11.5 Å². The second-order valence-corrected chi connectivity index (χ2v) is 10.4. The zero-order valence-corrected chi connectivity index (χ0v) is 22.7. The van der Waals surface area contributed by atoms with E-state index in [1.54, 1.807) is 6.07 Å². The highest BCUT2D eigenvalue weighted by Gasteiger charge is 2.35. The summed E-state index contributed by atoms with van der Waals surface area (Å²) in [7, 11) is 0. The van der Waals surface area contributed by atoms with E-state index >= 15 is 0 Å². The average Bonchev–Trinajstić information content (AvgIpc) is 3.28. The maximum atomic E-state index is 13.6. The van der Waals surface area contributed by atoms with Crippen molar-refractivity contribution in [3.8, 4) is 11.1 Å². The van der Waals surface area contributed by atoms with Gasteiger partial charge in [0, 0.05) is 73.8 Å². The molecular weight excluding hydrogens is 476 g/mol. The van der Waals surface area contributed by atoms with Gasteiger partial charge < -0.3 is 20.5 Å². The van der Waals surface area contributed by atoms with Gasteiger partial charge >= 0.3 is 0 Å². The Morgan fingerprint density at radius 2 is 1.97 bits per heavy atom. The van der Waals surface area contributed by atoms with Crippen molar-refractivity contribution in [3.63, 3.8) is 0 Å². The van der Waals surface area contributed by atoms with Gasteiger partial charge in [-0.15, -0.1) is 0 Å². The number of nitrogens with zero attached hydrogens (tertiary/aromatic N) is 3. The van der Waals surface area contributed by atoms with Crippen LogP contribution in [0.15, 0.2) is 47.4 Å². The average molecular weight is 514 g/mol. The fourth-order valence-corrected chi connectivity index (χ4v) is 5.31. The fraction of sp³-hybridized carbons (Fsp3) is 0.400. The van der Waals surface area contributed by atoms with Gasteiger partial charge in [0.05, 0.1) is 11.5 Å². The number of benzene rings is 1. The van der Waals surface area contributed by atoms with Crippen LogP contribution < -0.4 is 21.1 Å². The maximum absolute atomic E-state index is 13.6. The molecule has 8 nitrogen and oxygen atoms in total. The topological polar surface area (TPSA) is 93.1 Å². The predicted molar refractivity (Wildman–Crippen MR) is 152 cm³/mol. The number of fused-ring (bicyclic) bond motifs is 1. The Morgan fingerprint density at radius 3 is 2.66 bits per heavy atom. The Bertz CT molecular complexity index is 1420. The number of piperazine rings is 1. The van der Waals surface area contributed by atoms with E-state index in [0.717, 1.165) is 66.5 Å². The maximum Gasteiger partial charge on any atom is 0.253 e. The number of aromatic nitrogens is 2. The van der Waals surface area contributed by atoms with E-state index in [1.807, 2.05) is 25.3 Å². The summed E-state index contributed by atoms with van der Waals surface area (Å²) in [4.78, 5) is 35.8. The van der Waals surface area contributed by atoms with Crippen LogP contribution in [0.25, 0.3) is 11.1 Å². The van der Waals surface area contributed by atoms with E-state index in [9.17, 15) is 9.59 Å². The number of H-pyrrole nitrogens is 1. The number of pyridine rings is 2. The number of carbonyl (C=O) groups is 1. The molecule has 0 radical (unpaired) electrons. The number of rotatable bonds is 7. The molecular formula is C30H37N6O2+. The monoisotopic (exact) mass is 513 g/mol. The van der Waals surface area contributed by atoms with Gasteiger partial charge in [-0.2, -0.15) is 4.58 Å². The lowest BCUT2D eigenvalue weighted by Gasteiger charge is -2.28. The molecule has 2 aliphatic rings.